The van der Waals surface area contributed by atoms with Crippen LogP contribution in [-0.4, -0.2) is 46.7 Å². The maximum Gasteiger partial charge on any atom is 0.144 e. The lowest BCUT2D eigenvalue weighted by atomic mass is 10.3. The third-order valence-electron chi connectivity index (χ3n) is 2.37. The molecule has 0 unspecified atom stereocenters. The second-order valence-electron chi connectivity index (χ2n) is 4.16. The number of anilines is 1. The fraction of sp³-hybridized carbons (Fsp3) is 0.667. The van der Waals surface area contributed by atoms with Crippen molar-refractivity contribution in [2.75, 3.05) is 32.1 Å². The van der Waals surface area contributed by atoms with Crippen LogP contribution in [0.4, 0.5) is 5.82 Å². The van der Waals surface area contributed by atoms with E-state index in [9.17, 15) is 0 Å². The maximum atomic E-state index is 8.77. The molecule has 1 rings (SSSR count). The van der Waals surface area contributed by atoms with Gasteiger partial charge < -0.3 is 10.4 Å². The van der Waals surface area contributed by atoms with Gasteiger partial charge in [0.2, 0.25) is 0 Å². The summed E-state index contributed by atoms with van der Waals surface area (Å²) in [4.78, 5) is 11.0. The smallest absolute Gasteiger partial charge is 0.144 e. The SMILES string of the molecule is CCNc1cc(C)nc(CN(C)CCCO)n1. The Hall–Kier alpha value is -1.20. The summed E-state index contributed by atoms with van der Waals surface area (Å²) >= 11 is 0. The first kappa shape index (κ1) is 13.9. The molecule has 0 saturated carbocycles. The highest BCUT2D eigenvalue weighted by molar-refractivity contribution is 5.35. The zero-order valence-electron chi connectivity index (χ0n) is 10.9. The van der Waals surface area contributed by atoms with Gasteiger partial charge >= 0.3 is 0 Å². The predicted molar refractivity (Wildman–Crippen MR) is 69.0 cm³/mol. The molecule has 5 heteroatoms. The molecule has 0 radical (unpaired) electrons. The van der Waals surface area contributed by atoms with Gasteiger partial charge in [-0.15, -0.1) is 0 Å². The van der Waals surface area contributed by atoms with Crippen LogP contribution in [0.25, 0.3) is 0 Å². The van der Waals surface area contributed by atoms with Crippen LogP contribution in [0.2, 0.25) is 0 Å². The first-order chi connectivity index (χ1) is 8.15. The van der Waals surface area contributed by atoms with Crippen LogP contribution in [0, 0.1) is 6.92 Å². The van der Waals surface area contributed by atoms with E-state index in [4.69, 9.17) is 5.11 Å². The molecule has 1 aromatic heterocycles. The van der Waals surface area contributed by atoms with Crippen molar-refractivity contribution in [3.8, 4) is 0 Å². The molecule has 96 valence electrons. The van der Waals surface area contributed by atoms with Crippen molar-refractivity contribution < 1.29 is 5.11 Å². The number of aromatic nitrogens is 2. The average Bonchev–Trinajstić information content (AvgIpc) is 2.26. The van der Waals surface area contributed by atoms with Gasteiger partial charge in [0.25, 0.3) is 0 Å². The lowest BCUT2D eigenvalue weighted by Crippen LogP contribution is -2.21. The molecule has 2 N–H and O–H groups in total. The second-order valence-corrected chi connectivity index (χ2v) is 4.16. The van der Waals surface area contributed by atoms with Gasteiger partial charge in [0.1, 0.15) is 11.6 Å². The van der Waals surface area contributed by atoms with Crippen LogP contribution in [0.5, 0.6) is 0 Å². The lowest BCUT2D eigenvalue weighted by Gasteiger charge is -2.15. The third-order valence-corrected chi connectivity index (χ3v) is 2.37. The van der Waals surface area contributed by atoms with Crippen molar-refractivity contribution in [2.45, 2.75) is 26.8 Å². The van der Waals surface area contributed by atoms with E-state index in [-0.39, 0.29) is 6.61 Å². The fourth-order valence-electron chi connectivity index (χ4n) is 1.63. The van der Waals surface area contributed by atoms with Crippen LogP contribution in [0.1, 0.15) is 24.9 Å². The number of hydrogen-bond acceptors (Lipinski definition) is 5. The first-order valence-corrected chi connectivity index (χ1v) is 6.03. The molecule has 1 aromatic rings. The largest absolute Gasteiger partial charge is 0.396 e. The monoisotopic (exact) mass is 238 g/mol. The van der Waals surface area contributed by atoms with Crippen molar-refractivity contribution in [3.63, 3.8) is 0 Å². The number of nitrogens with zero attached hydrogens (tertiary/aromatic N) is 3. The van der Waals surface area contributed by atoms with E-state index in [1.165, 1.54) is 0 Å². The van der Waals surface area contributed by atoms with Crippen molar-refractivity contribution in [2.24, 2.45) is 0 Å². The van der Waals surface area contributed by atoms with E-state index in [0.29, 0.717) is 6.54 Å². The summed E-state index contributed by atoms with van der Waals surface area (Å²) in [6.07, 6.45) is 0.780. The number of aryl methyl sites for hydroxylation is 1. The average molecular weight is 238 g/mol. The predicted octanol–water partition coefficient (Wildman–Crippen LogP) is 1.03. The van der Waals surface area contributed by atoms with E-state index in [1.807, 2.05) is 27.0 Å². The van der Waals surface area contributed by atoms with Gasteiger partial charge in [0.05, 0.1) is 6.54 Å². The molecule has 0 bridgehead atoms. The number of rotatable bonds is 7. The highest BCUT2D eigenvalue weighted by Crippen LogP contribution is 2.07. The van der Waals surface area contributed by atoms with Crippen molar-refractivity contribution >= 4 is 5.82 Å². The minimum Gasteiger partial charge on any atom is -0.396 e. The Balaban J connectivity index is 2.63. The highest BCUT2D eigenvalue weighted by atomic mass is 16.3. The molecule has 17 heavy (non-hydrogen) atoms. The second kappa shape index (κ2) is 7.19. The molecule has 0 atom stereocenters. The number of aliphatic hydroxyl groups excluding tert-OH is 1. The quantitative estimate of drug-likeness (QED) is 0.743. The molecule has 0 aromatic carbocycles. The Morgan fingerprint density at radius 2 is 2.18 bits per heavy atom. The molecule has 0 aliphatic carbocycles. The Morgan fingerprint density at radius 1 is 1.41 bits per heavy atom. The van der Waals surface area contributed by atoms with Crippen molar-refractivity contribution in [1.82, 2.24) is 14.9 Å². The molecule has 5 nitrogen and oxygen atoms in total. The molecular weight excluding hydrogens is 216 g/mol. The van der Waals surface area contributed by atoms with Gasteiger partial charge in [-0.3, -0.25) is 4.90 Å². The third kappa shape index (κ3) is 5.10. The standard InChI is InChI=1S/C12H22N4O/c1-4-13-11-8-10(2)14-12(15-11)9-16(3)6-5-7-17/h8,17H,4-7,9H2,1-3H3,(H,13,14,15). The summed E-state index contributed by atoms with van der Waals surface area (Å²) in [5.74, 6) is 1.70. The zero-order chi connectivity index (χ0) is 12.7. The van der Waals surface area contributed by atoms with Gasteiger partial charge in [0, 0.05) is 31.5 Å². The van der Waals surface area contributed by atoms with E-state index >= 15 is 0 Å². The van der Waals surface area contributed by atoms with E-state index in [1.54, 1.807) is 0 Å². The van der Waals surface area contributed by atoms with Gasteiger partial charge in [-0.1, -0.05) is 0 Å². The Kier molecular flexibility index (Phi) is 5.86. The normalized spacial score (nSPS) is 10.9. The number of aliphatic hydroxyl groups is 1. The lowest BCUT2D eigenvalue weighted by molar-refractivity contribution is 0.241. The number of hydrogen-bond donors (Lipinski definition) is 2. The van der Waals surface area contributed by atoms with Gasteiger partial charge in [0.15, 0.2) is 0 Å². The molecule has 0 spiro atoms. The van der Waals surface area contributed by atoms with E-state index in [0.717, 1.165) is 36.8 Å². The number of nitrogens with one attached hydrogen (secondary N) is 1. The summed E-state index contributed by atoms with van der Waals surface area (Å²) < 4.78 is 0. The summed E-state index contributed by atoms with van der Waals surface area (Å²) in [7, 11) is 2.01. The summed E-state index contributed by atoms with van der Waals surface area (Å²) in [5.41, 5.74) is 0.974. The highest BCUT2D eigenvalue weighted by Gasteiger charge is 2.05. The summed E-state index contributed by atoms with van der Waals surface area (Å²) in [5, 5.41) is 12.0. The molecule has 0 fully saturated rings. The topological polar surface area (TPSA) is 61.3 Å². The van der Waals surface area contributed by atoms with Crippen molar-refractivity contribution in [1.29, 1.82) is 0 Å². The van der Waals surface area contributed by atoms with Gasteiger partial charge in [-0.25, -0.2) is 9.97 Å². The fourth-order valence-corrected chi connectivity index (χ4v) is 1.63. The maximum absolute atomic E-state index is 8.77. The van der Waals surface area contributed by atoms with E-state index < -0.39 is 0 Å². The molecule has 0 saturated heterocycles. The van der Waals surface area contributed by atoms with Crippen LogP contribution in [0.3, 0.4) is 0 Å². The first-order valence-electron chi connectivity index (χ1n) is 6.03. The molecule has 0 amide bonds. The summed E-state index contributed by atoms with van der Waals surface area (Å²) in [6.45, 7) is 6.66. The molecule has 0 aliphatic heterocycles. The Bertz CT molecular complexity index is 343. The van der Waals surface area contributed by atoms with Gasteiger partial charge in [-0.05, 0) is 27.3 Å². The van der Waals surface area contributed by atoms with Crippen LogP contribution in [-0.2, 0) is 6.54 Å². The molecular formula is C12H22N4O. The molecule has 0 aliphatic rings. The Morgan fingerprint density at radius 3 is 2.82 bits per heavy atom. The van der Waals surface area contributed by atoms with Crippen LogP contribution >= 0.6 is 0 Å². The zero-order valence-corrected chi connectivity index (χ0v) is 10.9. The minimum atomic E-state index is 0.224. The summed E-state index contributed by atoms with van der Waals surface area (Å²) in [6, 6.07) is 1.95. The van der Waals surface area contributed by atoms with Crippen LogP contribution < -0.4 is 5.32 Å². The minimum absolute atomic E-state index is 0.224. The molecule has 1 heterocycles. The van der Waals surface area contributed by atoms with Crippen LogP contribution in [0.15, 0.2) is 6.07 Å². The van der Waals surface area contributed by atoms with E-state index in [2.05, 4.69) is 20.2 Å². The van der Waals surface area contributed by atoms with Gasteiger partial charge in [-0.2, -0.15) is 0 Å². The Labute approximate surface area is 103 Å². The van der Waals surface area contributed by atoms with Crippen molar-refractivity contribution in [3.05, 3.63) is 17.6 Å².